The van der Waals surface area contributed by atoms with Gasteiger partial charge >= 0.3 is 5.97 Å². The van der Waals surface area contributed by atoms with Crippen molar-refractivity contribution >= 4 is 21.9 Å². The Kier molecular flexibility index (Phi) is 7.16. The van der Waals surface area contributed by atoms with Crippen molar-refractivity contribution in [3.05, 3.63) is 35.9 Å². The molecule has 0 saturated carbocycles. The maximum absolute atomic E-state index is 12.3. The Balaban J connectivity index is 1.87. The molecule has 144 valence electrons. The average molecular weight is 382 g/mol. The maximum atomic E-state index is 12.3. The highest BCUT2D eigenvalue weighted by Gasteiger charge is 2.27. The van der Waals surface area contributed by atoms with E-state index in [1.807, 2.05) is 0 Å². The van der Waals surface area contributed by atoms with Crippen LogP contribution in [0.15, 0.2) is 30.3 Å². The molecular weight excluding hydrogens is 356 g/mol. The predicted molar refractivity (Wildman–Crippen MR) is 97.8 cm³/mol. The van der Waals surface area contributed by atoms with Gasteiger partial charge in [-0.1, -0.05) is 30.3 Å². The van der Waals surface area contributed by atoms with Crippen LogP contribution in [0.2, 0.25) is 0 Å². The maximum Gasteiger partial charge on any atom is 0.321 e. The molecule has 0 aromatic heterocycles. The van der Waals surface area contributed by atoms with E-state index in [4.69, 9.17) is 0 Å². The van der Waals surface area contributed by atoms with Crippen LogP contribution in [0.25, 0.3) is 0 Å². The summed E-state index contributed by atoms with van der Waals surface area (Å²) in [6.07, 6.45) is 2.51. The lowest BCUT2D eigenvalue weighted by Crippen LogP contribution is -2.42. The zero-order chi connectivity index (χ0) is 19.2. The van der Waals surface area contributed by atoms with Crippen LogP contribution in [0.4, 0.5) is 0 Å². The summed E-state index contributed by atoms with van der Waals surface area (Å²) in [6.45, 7) is 2.90. The summed E-state index contributed by atoms with van der Waals surface area (Å²) >= 11 is 0. The van der Waals surface area contributed by atoms with Gasteiger partial charge in [0.05, 0.1) is 5.75 Å². The molecule has 2 rings (SSSR count). The zero-order valence-corrected chi connectivity index (χ0v) is 15.7. The number of piperidine rings is 1. The number of hydrogen-bond acceptors (Lipinski definition) is 4. The molecule has 26 heavy (non-hydrogen) atoms. The van der Waals surface area contributed by atoms with E-state index < -0.39 is 22.0 Å². The lowest BCUT2D eigenvalue weighted by atomic mass is 9.90. The van der Waals surface area contributed by atoms with E-state index in [1.54, 1.807) is 42.2 Å². The minimum Gasteiger partial charge on any atom is -0.480 e. The number of carboxylic acid groups (broad SMARTS) is 1. The van der Waals surface area contributed by atoms with Gasteiger partial charge in [0.1, 0.15) is 6.04 Å². The van der Waals surface area contributed by atoms with Gasteiger partial charge < -0.3 is 10.0 Å². The number of sulfonamides is 1. The van der Waals surface area contributed by atoms with Crippen molar-refractivity contribution in [2.45, 2.75) is 44.4 Å². The normalized spacial score (nSPS) is 17.0. The molecule has 1 aromatic rings. The molecule has 1 atom stereocenters. The molecule has 0 spiro atoms. The van der Waals surface area contributed by atoms with Crippen molar-refractivity contribution in [1.29, 1.82) is 0 Å². The number of nitrogens with zero attached hydrogens (tertiary/aromatic N) is 1. The molecular formula is C18H26N2O5S. The molecule has 1 saturated heterocycles. The van der Waals surface area contributed by atoms with Gasteiger partial charge in [0.15, 0.2) is 0 Å². The summed E-state index contributed by atoms with van der Waals surface area (Å²) < 4.78 is 26.8. The molecule has 1 aromatic carbocycles. The quantitative estimate of drug-likeness (QED) is 0.711. The first kappa shape index (κ1) is 20.4. The molecule has 1 amide bonds. The van der Waals surface area contributed by atoms with Crippen molar-refractivity contribution in [2.75, 3.05) is 13.1 Å². The van der Waals surface area contributed by atoms with Crippen molar-refractivity contribution in [3.63, 3.8) is 0 Å². The van der Waals surface area contributed by atoms with E-state index >= 15 is 0 Å². The Morgan fingerprint density at radius 2 is 1.85 bits per heavy atom. The Hall–Kier alpha value is -1.93. The summed E-state index contributed by atoms with van der Waals surface area (Å²) in [5, 5.41) is 9.37. The van der Waals surface area contributed by atoms with Crippen molar-refractivity contribution in [3.8, 4) is 0 Å². The van der Waals surface area contributed by atoms with Gasteiger partial charge in [-0.2, -0.15) is 0 Å². The second-order valence-electron chi connectivity index (χ2n) is 6.78. The third-order valence-corrected chi connectivity index (χ3v) is 6.10. The van der Waals surface area contributed by atoms with Crippen LogP contribution in [0.3, 0.4) is 0 Å². The topological polar surface area (TPSA) is 104 Å². The molecule has 8 heteroatoms. The minimum atomic E-state index is -3.74. The van der Waals surface area contributed by atoms with Gasteiger partial charge in [-0.25, -0.2) is 13.1 Å². The first-order chi connectivity index (χ1) is 12.3. The van der Waals surface area contributed by atoms with Crippen LogP contribution in [-0.4, -0.2) is 49.4 Å². The lowest BCUT2D eigenvalue weighted by molar-refractivity contribution is -0.139. The minimum absolute atomic E-state index is 0.0561. The van der Waals surface area contributed by atoms with Crippen molar-refractivity contribution in [2.24, 2.45) is 5.92 Å². The number of amides is 1. The van der Waals surface area contributed by atoms with E-state index in [-0.39, 0.29) is 18.1 Å². The molecule has 0 bridgehead atoms. The summed E-state index contributed by atoms with van der Waals surface area (Å²) in [5.74, 6) is -1.04. The highest BCUT2D eigenvalue weighted by atomic mass is 32.2. The van der Waals surface area contributed by atoms with Crippen LogP contribution in [0.1, 0.15) is 38.2 Å². The number of aliphatic carboxylic acids is 1. The first-order valence-corrected chi connectivity index (χ1v) is 10.4. The molecule has 7 nitrogen and oxygen atoms in total. The van der Waals surface area contributed by atoms with E-state index in [0.717, 1.165) is 12.8 Å². The summed E-state index contributed by atoms with van der Waals surface area (Å²) in [7, 11) is -3.74. The largest absolute Gasteiger partial charge is 0.480 e. The van der Waals surface area contributed by atoms with Gasteiger partial charge in [-0.15, -0.1) is 0 Å². The van der Waals surface area contributed by atoms with Crippen molar-refractivity contribution in [1.82, 2.24) is 9.62 Å². The number of rotatable bonds is 8. The van der Waals surface area contributed by atoms with E-state index in [1.165, 1.54) is 0 Å². The number of likely N-dealkylation sites (tertiary alicyclic amines) is 1. The number of hydrogen-bond donors (Lipinski definition) is 2. The Bertz CT molecular complexity index is 712. The Morgan fingerprint density at radius 1 is 1.23 bits per heavy atom. The van der Waals surface area contributed by atoms with Crippen LogP contribution < -0.4 is 4.72 Å². The van der Waals surface area contributed by atoms with E-state index in [0.29, 0.717) is 31.0 Å². The van der Waals surface area contributed by atoms with Gasteiger partial charge in [0.2, 0.25) is 15.9 Å². The third kappa shape index (κ3) is 6.42. The van der Waals surface area contributed by atoms with E-state index in [2.05, 4.69) is 4.72 Å². The number of carbonyl (C=O) groups excluding carboxylic acids is 1. The molecule has 0 aliphatic carbocycles. The Labute approximate surface area is 154 Å². The molecule has 1 heterocycles. The molecule has 1 fully saturated rings. The smallest absolute Gasteiger partial charge is 0.321 e. The fourth-order valence-corrected chi connectivity index (χ4v) is 4.59. The second kappa shape index (κ2) is 9.14. The van der Waals surface area contributed by atoms with Crippen LogP contribution >= 0.6 is 0 Å². The molecule has 1 aliphatic rings. The number of carbonyl (C=O) groups is 2. The molecule has 1 aliphatic heterocycles. The first-order valence-electron chi connectivity index (χ1n) is 8.79. The van der Waals surface area contributed by atoms with Crippen molar-refractivity contribution < 1.29 is 23.1 Å². The van der Waals surface area contributed by atoms with Crippen LogP contribution in [0, 0.1) is 5.92 Å². The molecule has 1 unspecified atom stereocenters. The monoisotopic (exact) mass is 382 g/mol. The number of nitrogens with one attached hydrogen (secondary N) is 1. The van der Waals surface area contributed by atoms with Gasteiger partial charge in [0, 0.05) is 20.0 Å². The fourth-order valence-electron chi connectivity index (χ4n) is 3.22. The average Bonchev–Trinajstić information content (AvgIpc) is 2.59. The predicted octanol–water partition coefficient (Wildman–Crippen LogP) is 1.60. The Morgan fingerprint density at radius 3 is 2.38 bits per heavy atom. The number of benzene rings is 1. The fraction of sp³-hybridized carbons (Fsp3) is 0.556. The zero-order valence-electron chi connectivity index (χ0n) is 14.9. The molecule has 2 N–H and O–H groups in total. The highest BCUT2D eigenvalue weighted by molar-refractivity contribution is 7.88. The third-order valence-electron chi connectivity index (χ3n) is 4.74. The summed E-state index contributed by atoms with van der Waals surface area (Å²) in [6, 6.07) is 7.53. The molecule has 0 radical (unpaired) electrons. The van der Waals surface area contributed by atoms with Gasteiger partial charge in [-0.05, 0) is 37.2 Å². The van der Waals surface area contributed by atoms with Crippen LogP contribution in [-0.2, 0) is 25.4 Å². The van der Waals surface area contributed by atoms with Gasteiger partial charge in [-0.3, -0.25) is 9.59 Å². The lowest BCUT2D eigenvalue weighted by Gasteiger charge is -2.31. The SMILES string of the molecule is CC(=O)N1CCC(CCC(NS(=O)(=O)Cc2ccccc2)C(=O)O)CC1. The standard InChI is InChI=1S/C18H26N2O5S/c1-14(21)20-11-9-15(10-12-20)7-8-17(18(22)23)19-26(24,25)13-16-5-3-2-4-6-16/h2-6,15,17,19H,7-13H2,1H3,(H,22,23). The van der Waals surface area contributed by atoms with Crippen LogP contribution in [0.5, 0.6) is 0 Å². The summed E-state index contributed by atoms with van der Waals surface area (Å²) in [5.41, 5.74) is 0.612. The van der Waals surface area contributed by atoms with Gasteiger partial charge in [0.25, 0.3) is 0 Å². The highest BCUT2D eigenvalue weighted by Crippen LogP contribution is 2.23. The number of carboxylic acids is 1. The summed E-state index contributed by atoms with van der Waals surface area (Å²) in [4.78, 5) is 24.6. The second-order valence-corrected chi connectivity index (χ2v) is 8.53. The van der Waals surface area contributed by atoms with E-state index in [9.17, 15) is 23.1 Å².